The first-order valence-electron chi connectivity index (χ1n) is 6.94. The summed E-state index contributed by atoms with van der Waals surface area (Å²) < 4.78 is 0. The molecule has 0 radical (unpaired) electrons. The molecule has 0 aromatic rings. The predicted octanol–water partition coefficient (Wildman–Crippen LogP) is 4.32. The van der Waals surface area contributed by atoms with Crippen LogP contribution in [0.2, 0.25) is 0 Å². The lowest BCUT2D eigenvalue weighted by Gasteiger charge is -2.54. The fourth-order valence-electron chi connectivity index (χ4n) is 3.04. The van der Waals surface area contributed by atoms with Crippen LogP contribution in [-0.2, 0) is 0 Å². The largest absolute Gasteiger partial charge is 0.293 e. The van der Waals surface area contributed by atoms with Crippen molar-refractivity contribution in [3.8, 4) is 0 Å². The highest BCUT2D eigenvalue weighted by Crippen LogP contribution is 2.39. The maximum atomic E-state index is 2.76. The van der Waals surface area contributed by atoms with Gasteiger partial charge >= 0.3 is 0 Å². The quantitative estimate of drug-likeness (QED) is 0.691. The Morgan fingerprint density at radius 1 is 0.938 bits per heavy atom. The Bertz CT molecular complexity index is 212. The molecule has 0 spiro atoms. The van der Waals surface area contributed by atoms with Crippen LogP contribution in [0.4, 0.5) is 0 Å². The molecule has 0 aliphatic carbocycles. The van der Waals surface area contributed by atoms with Crippen molar-refractivity contribution in [1.82, 2.24) is 4.90 Å². The summed E-state index contributed by atoms with van der Waals surface area (Å²) in [5, 5.41) is 0. The summed E-state index contributed by atoms with van der Waals surface area (Å²) in [6, 6.07) is 0. The van der Waals surface area contributed by atoms with E-state index < -0.39 is 0 Å². The normalized spacial score (nSPS) is 27.0. The third-order valence-electron chi connectivity index (χ3n) is 4.65. The van der Waals surface area contributed by atoms with Gasteiger partial charge in [-0.15, -0.1) is 0 Å². The summed E-state index contributed by atoms with van der Waals surface area (Å²) in [5.74, 6) is 1.57. The van der Waals surface area contributed by atoms with Gasteiger partial charge < -0.3 is 0 Å². The third-order valence-corrected chi connectivity index (χ3v) is 4.65. The highest BCUT2D eigenvalue weighted by molar-refractivity contribution is 4.97. The standard InChI is InChI=1S/C15H31N/c1-12(2)13(3)11-16-14(4,5)9-8-10-15(16,6)7/h12-13H,8-11H2,1-7H3. The summed E-state index contributed by atoms with van der Waals surface area (Å²) in [6.07, 6.45) is 4.08. The van der Waals surface area contributed by atoms with E-state index >= 15 is 0 Å². The summed E-state index contributed by atoms with van der Waals surface area (Å²) >= 11 is 0. The lowest BCUT2D eigenvalue weighted by Crippen LogP contribution is -2.59. The number of piperidine rings is 1. The molecule has 1 aliphatic heterocycles. The minimum absolute atomic E-state index is 0.380. The van der Waals surface area contributed by atoms with Crippen molar-refractivity contribution in [2.24, 2.45) is 11.8 Å². The van der Waals surface area contributed by atoms with Gasteiger partial charge in [0, 0.05) is 17.6 Å². The summed E-state index contributed by atoms with van der Waals surface area (Å²) in [5.41, 5.74) is 0.760. The Balaban J connectivity index is 2.79. The van der Waals surface area contributed by atoms with E-state index in [4.69, 9.17) is 0 Å². The van der Waals surface area contributed by atoms with Crippen LogP contribution >= 0.6 is 0 Å². The van der Waals surface area contributed by atoms with Gasteiger partial charge in [0.05, 0.1) is 0 Å². The molecule has 0 amide bonds. The maximum absolute atomic E-state index is 2.76. The van der Waals surface area contributed by atoms with Gasteiger partial charge in [-0.2, -0.15) is 0 Å². The van der Waals surface area contributed by atoms with E-state index in [0.717, 1.165) is 11.8 Å². The molecule has 0 aromatic carbocycles. The van der Waals surface area contributed by atoms with Gasteiger partial charge in [0.25, 0.3) is 0 Å². The highest BCUT2D eigenvalue weighted by atomic mass is 15.3. The Labute approximate surface area is 103 Å². The first-order chi connectivity index (χ1) is 7.17. The molecule has 0 N–H and O–H groups in total. The molecule has 1 nitrogen and oxygen atoms in total. The smallest absolute Gasteiger partial charge is 0.0158 e. The molecular weight excluding hydrogens is 194 g/mol. The van der Waals surface area contributed by atoms with Crippen LogP contribution in [-0.4, -0.2) is 22.5 Å². The second-order valence-electron chi connectivity index (χ2n) is 7.31. The molecule has 1 saturated heterocycles. The van der Waals surface area contributed by atoms with E-state index in [0.29, 0.717) is 11.1 Å². The summed E-state index contributed by atoms with van der Waals surface area (Å²) in [7, 11) is 0. The second kappa shape index (κ2) is 4.68. The Kier molecular flexibility index (Phi) is 4.10. The van der Waals surface area contributed by atoms with E-state index in [1.165, 1.54) is 25.8 Å². The van der Waals surface area contributed by atoms with Gasteiger partial charge in [0.15, 0.2) is 0 Å². The van der Waals surface area contributed by atoms with Gasteiger partial charge in [-0.1, -0.05) is 20.8 Å². The molecular formula is C15H31N. The monoisotopic (exact) mass is 225 g/mol. The van der Waals surface area contributed by atoms with Crippen LogP contribution in [0.5, 0.6) is 0 Å². The molecule has 1 rings (SSSR count). The minimum Gasteiger partial charge on any atom is -0.293 e. The van der Waals surface area contributed by atoms with Gasteiger partial charge in [0.2, 0.25) is 0 Å². The molecule has 16 heavy (non-hydrogen) atoms. The molecule has 1 heteroatoms. The van der Waals surface area contributed by atoms with E-state index in [1.807, 2.05) is 0 Å². The van der Waals surface area contributed by atoms with Gasteiger partial charge in [0.1, 0.15) is 0 Å². The van der Waals surface area contributed by atoms with Crippen LogP contribution in [0.3, 0.4) is 0 Å². The van der Waals surface area contributed by atoms with Crippen molar-refractivity contribution in [2.75, 3.05) is 6.54 Å². The van der Waals surface area contributed by atoms with Crippen LogP contribution in [0.15, 0.2) is 0 Å². The zero-order valence-electron chi connectivity index (χ0n) is 12.4. The maximum Gasteiger partial charge on any atom is 0.0158 e. The predicted molar refractivity (Wildman–Crippen MR) is 72.7 cm³/mol. The van der Waals surface area contributed by atoms with Gasteiger partial charge in [-0.3, -0.25) is 4.90 Å². The number of hydrogen-bond donors (Lipinski definition) is 0. The van der Waals surface area contributed by atoms with Gasteiger partial charge in [-0.05, 0) is 58.8 Å². The molecule has 0 aromatic heterocycles. The fourth-order valence-corrected chi connectivity index (χ4v) is 3.04. The number of likely N-dealkylation sites (tertiary alicyclic amines) is 1. The molecule has 0 bridgehead atoms. The average Bonchev–Trinajstić information content (AvgIpc) is 2.10. The van der Waals surface area contributed by atoms with Crippen molar-refractivity contribution in [2.45, 2.75) is 78.8 Å². The zero-order valence-corrected chi connectivity index (χ0v) is 12.4. The van der Waals surface area contributed by atoms with E-state index in [-0.39, 0.29) is 0 Å². The highest BCUT2D eigenvalue weighted by Gasteiger charge is 2.41. The topological polar surface area (TPSA) is 3.24 Å². The SMILES string of the molecule is CC(C)C(C)CN1C(C)(C)CCCC1(C)C. The third kappa shape index (κ3) is 3.00. The van der Waals surface area contributed by atoms with Crippen LogP contribution in [0, 0.1) is 11.8 Å². The van der Waals surface area contributed by atoms with Crippen molar-refractivity contribution in [1.29, 1.82) is 0 Å². The van der Waals surface area contributed by atoms with Crippen molar-refractivity contribution in [3.05, 3.63) is 0 Å². The first-order valence-corrected chi connectivity index (χ1v) is 6.94. The average molecular weight is 225 g/mol. The van der Waals surface area contributed by atoms with E-state index in [9.17, 15) is 0 Å². The Morgan fingerprint density at radius 2 is 1.38 bits per heavy atom. The fraction of sp³-hybridized carbons (Fsp3) is 1.00. The van der Waals surface area contributed by atoms with Crippen molar-refractivity contribution >= 4 is 0 Å². The first kappa shape index (κ1) is 14.0. The van der Waals surface area contributed by atoms with E-state index in [2.05, 4.69) is 53.4 Å². The lowest BCUT2D eigenvalue weighted by molar-refractivity contribution is -0.0402. The molecule has 96 valence electrons. The van der Waals surface area contributed by atoms with Crippen LogP contribution in [0.25, 0.3) is 0 Å². The van der Waals surface area contributed by atoms with Crippen LogP contribution in [0.1, 0.15) is 67.7 Å². The van der Waals surface area contributed by atoms with E-state index in [1.54, 1.807) is 0 Å². The Hall–Kier alpha value is -0.0400. The van der Waals surface area contributed by atoms with Crippen molar-refractivity contribution in [3.63, 3.8) is 0 Å². The molecule has 0 saturated carbocycles. The number of rotatable bonds is 3. The Morgan fingerprint density at radius 3 is 1.75 bits per heavy atom. The zero-order chi connectivity index (χ0) is 12.6. The molecule has 1 atom stereocenters. The van der Waals surface area contributed by atoms with Gasteiger partial charge in [-0.25, -0.2) is 0 Å². The molecule has 1 aliphatic rings. The number of nitrogens with zero attached hydrogens (tertiary/aromatic N) is 1. The minimum atomic E-state index is 0.380. The molecule has 1 heterocycles. The lowest BCUT2D eigenvalue weighted by atomic mass is 9.78. The van der Waals surface area contributed by atoms with Crippen molar-refractivity contribution < 1.29 is 0 Å². The number of hydrogen-bond acceptors (Lipinski definition) is 1. The van der Waals surface area contributed by atoms with Crippen LogP contribution < -0.4 is 0 Å². The molecule has 1 unspecified atom stereocenters. The summed E-state index contributed by atoms with van der Waals surface area (Å²) in [6.45, 7) is 18.0. The molecule has 1 fully saturated rings. The summed E-state index contributed by atoms with van der Waals surface area (Å²) in [4.78, 5) is 2.76. The second-order valence-corrected chi connectivity index (χ2v) is 7.31.